The van der Waals surface area contributed by atoms with E-state index >= 15 is 0 Å². The lowest BCUT2D eigenvalue weighted by atomic mass is 10.1. The normalized spacial score (nSPS) is 19.8. The maximum Gasteiger partial charge on any atom is 0.330 e. The molecule has 1 saturated heterocycles. The number of methoxy groups -OCH3 is 1. The Morgan fingerprint density at radius 1 is 1.03 bits per heavy atom. The number of nitrogens with zero attached hydrogens (tertiary/aromatic N) is 4. The summed E-state index contributed by atoms with van der Waals surface area (Å²) in [7, 11) is 1.42. The molecular formula is C24H34FN5O3. The Morgan fingerprint density at radius 2 is 1.82 bits per heavy atom. The highest BCUT2D eigenvalue weighted by Crippen LogP contribution is 2.27. The van der Waals surface area contributed by atoms with Crippen molar-refractivity contribution in [3.8, 4) is 23.5 Å². The highest BCUT2D eigenvalue weighted by molar-refractivity contribution is 5.35. The second-order valence-corrected chi connectivity index (χ2v) is 8.69. The summed E-state index contributed by atoms with van der Waals surface area (Å²) < 4.78 is 30.9. The number of nitrogens with one attached hydrogen (secondary N) is 1. The second-order valence-electron chi connectivity index (χ2n) is 8.69. The van der Waals surface area contributed by atoms with E-state index in [9.17, 15) is 4.39 Å². The zero-order chi connectivity index (χ0) is 23.0. The molecule has 0 radical (unpaired) electrons. The van der Waals surface area contributed by atoms with Crippen LogP contribution in [0.3, 0.4) is 0 Å². The molecule has 2 heterocycles. The molecule has 4 rings (SSSR count). The molecule has 2 fully saturated rings. The number of halogens is 1. The van der Waals surface area contributed by atoms with E-state index in [0.29, 0.717) is 24.6 Å². The highest BCUT2D eigenvalue weighted by Gasteiger charge is 2.24. The van der Waals surface area contributed by atoms with Crippen LogP contribution in [0.25, 0.3) is 0 Å². The zero-order valence-corrected chi connectivity index (χ0v) is 19.6. The lowest BCUT2D eigenvalue weighted by molar-refractivity contribution is 0.169. The van der Waals surface area contributed by atoms with Gasteiger partial charge < -0.3 is 19.5 Å². The van der Waals surface area contributed by atoms with Crippen LogP contribution in [-0.2, 0) is 0 Å². The van der Waals surface area contributed by atoms with Crippen molar-refractivity contribution < 1.29 is 18.6 Å². The number of ether oxygens (including phenoxy) is 3. The summed E-state index contributed by atoms with van der Waals surface area (Å²) in [6.07, 6.45) is 9.33. The van der Waals surface area contributed by atoms with Crippen molar-refractivity contribution in [3.63, 3.8) is 0 Å². The molecule has 2 aromatic rings. The third-order valence-electron chi connectivity index (χ3n) is 6.43. The zero-order valence-electron chi connectivity index (χ0n) is 19.6. The Labute approximate surface area is 194 Å². The van der Waals surface area contributed by atoms with Gasteiger partial charge in [0, 0.05) is 18.2 Å². The Kier molecular flexibility index (Phi) is 8.15. The fourth-order valence-corrected chi connectivity index (χ4v) is 4.61. The van der Waals surface area contributed by atoms with Crippen molar-refractivity contribution in [1.29, 1.82) is 0 Å². The predicted octanol–water partition coefficient (Wildman–Crippen LogP) is 4.81. The molecule has 33 heavy (non-hydrogen) atoms. The molecule has 2 aliphatic rings. The van der Waals surface area contributed by atoms with Gasteiger partial charge in [-0.05, 0) is 50.9 Å². The van der Waals surface area contributed by atoms with Crippen molar-refractivity contribution in [1.82, 2.24) is 19.9 Å². The van der Waals surface area contributed by atoms with E-state index in [4.69, 9.17) is 14.2 Å². The molecule has 9 heteroatoms. The number of hydrogen-bond donors (Lipinski definition) is 1. The smallest absolute Gasteiger partial charge is 0.330 e. The first-order valence-corrected chi connectivity index (χ1v) is 12.1. The molecule has 1 aliphatic carbocycles. The molecule has 180 valence electrons. The number of benzene rings is 1. The van der Waals surface area contributed by atoms with Crippen LogP contribution in [-0.4, -0.2) is 58.7 Å². The summed E-state index contributed by atoms with van der Waals surface area (Å²) in [5, 5.41) is 3.44. The van der Waals surface area contributed by atoms with E-state index in [1.165, 1.54) is 51.3 Å². The van der Waals surface area contributed by atoms with Crippen LogP contribution in [0.5, 0.6) is 23.5 Å². The van der Waals surface area contributed by atoms with Gasteiger partial charge >= 0.3 is 12.0 Å². The minimum atomic E-state index is -0.516. The van der Waals surface area contributed by atoms with E-state index < -0.39 is 5.82 Å². The first kappa shape index (κ1) is 23.5. The third kappa shape index (κ3) is 6.43. The fraction of sp³-hybridized carbons (Fsp3) is 0.625. The van der Waals surface area contributed by atoms with Crippen LogP contribution in [0.15, 0.2) is 18.2 Å². The molecule has 0 bridgehead atoms. The topological polar surface area (TPSA) is 81.6 Å². The number of anilines is 1. The number of rotatable bonds is 9. The van der Waals surface area contributed by atoms with Gasteiger partial charge in [-0.1, -0.05) is 32.6 Å². The van der Waals surface area contributed by atoms with Gasteiger partial charge in [-0.2, -0.15) is 9.97 Å². The molecule has 0 spiro atoms. The summed E-state index contributed by atoms with van der Waals surface area (Å²) in [5.74, 6) is 0.335. The highest BCUT2D eigenvalue weighted by atomic mass is 19.1. The van der Waals surface area contributed by atoms with Gasteiger partial charge in [0.1, 0.15) is 12.4 Å². The summed E-state index contributed by atoms with van der Waals surface area (Å²) in [6, 6.07) is 5.31. The van der Waals surface area contributed by atoms with Crippen molar-refractivity contribution in [2.45, 2.75) is 70.4 Å². The van der Waals surface area contributed by atoms with E-state index in [1.54, 1.807) is 6.07 Å². The van der Waals surface area contributed by atoms with Crippen LogP contribution in [0.2, 0.25) is 0 Å². The Hall–Kier alpha value is -2.68. The average Bonchev–Trinajstić information content (AvgIpc) is 3.12. The number of hydrogen-bond acceptors (Lipinski definition) is 8. The molecule has 8 nitrogen and oxygen atoms in total. The molecule has 1 N–H and O–H groups in total. The van der Waals surface area contributed by atoms with Crippen LogP contribution in [0.1, 0.15) is 58.3 Å². The minimum Gasteiger partial charge on any atom is -0.494 e. The quantitative estimate of drug-likeness (QED) is 0.535. The van der Waals surface area contributed by atoms with E-state index in [1.807, 2.05) is 0 Å². The number of aromatic nitrogens is 3. The van der Waals surface area contributed by atoms with Gasteiger partial charge in [-0.3, -0.25) is 4.90 Å². The first-order valence-electron chi connectivity index (χ1n) is 12.1. The molecule has 0 amide bonds. The van der Waals surface area contributed by atoms with E-state index in [-0.39, 0.29) is 23.5 Å². The largest absolute Gasteiger partial charge is 0.494 e. The molecule has 1 atom stereocenters. The van der Waals surface area contributed by atoms with Gasteiger partial charge in [0.25, 0.3) is 0 Å². The van der Waals surface area contributed by atoms with Crippen molar-refractivity contribution in [3.05, 3.63) is 24.0 Å². The molecule has 1 saturated carbocycles. The van der Waals surface area contributed by atoms with Crippen LogP contribution in [0, 0.1) is 5.82 Å². The standard InChI is InChI=1S/C24H34FN5O3/c1-3-30-14-8-11-18(30)16-32-23-27-22(26-17-9-6-4-5-7-10-17)28-24(29-23)33-19-12-13-21(31-2)20(25)15-19/h12-13,15,17-18H,3-11,14,16H2,1-2H3,(H,26,27,28,29). The Balaban J connectivity index is 1.52. The minimum absolute atomic E-state index is 0.0689. The maximum absolute atomic E-state index is 14.1. The van der Waals surface area contributed by atoms with Crippen molar-refractivity contribution in [2.24, 2.45) is 0 Å². The summed E-state index contributed by atoms with van der Waals surface area (Å²) in [4.78, 5) is 15.7. The second kappa shape index (κ2) is 11.4. The monoisotopic (exact) mass is 459 g/mol. The molecular weight excluding hydrogens is 425 g/mol. The third-order valence-corrected chi connectivity index (χ3v) is 6.43. The van der Waals surface area contributed by atoms with Gasteiger partial charge in [0.2, 0.25) is 5.95 Å². The number of likely N-dealkylation sites (tertiary alicyclic amines) is 1. The van der Waals surface area contributed by atoms with Crippen LogP contribution in [0.4, 0.5) is 10.3 Å². The van der Waals surface area contributed by atoms with E-state index in [0.717, 1.165) is 32.4 Å². The SMILES string of the molecule is CCN1CCCC1COc1nc(NC2CCCCCC2)nc(Oc2ccc(OC)c(F)c2)n1. The molecule has 1 aromatic carbocycles. The molecule has 1 unspecified atom stereocenters. The number of likely N-dealkylation sites (N-methyl/N-ethyl adjacent to an activating group) is 1. The molecule has 1 aromatic heterocycles. The van der Waals surface area contributed by atoms with Crippen LogP contribution >= 0.6 is 0 Å². The van der Waals surface area contributed by atoms with Crippen molar-refractivity contribution >= 4 is 5.95 Å². The Bertz CT molecular complexity index is 908. The van der Waals surface area contributed by atoms with Gasteiger partial charge in [0.15, 0.2) is 11.6 Å². The summed E-state index contributed by atoms with van der Waals surface area (Å²) in [5.41, 5.74) is 0. The Morgan fingerprint density at radius 3 is 2.55 bits per heavy atom. The lowest BCUT2D eigenvalue weighted by Crippen LogP contribution is -2.34. The van der Waals surface area contributed by atoms with Gasteiger partial charge in [-0.15, -0.1) is 4.98 Å². The summed E-state index contributed by atoms with van der Waals surface area (Å²) in [6.45, 7) is 4.76. The average molecular weight is 460 g/mol. The van der Waals surface area contributed by atoms with Crippen LogP contribution < -0.4 is 19.5 Å². The predicted molar refractivity (Wildman–Crippen MR) is 124 cm³/mol. The van der Waals surface area contributed by atoms with Gasteiger partial charge in [-0.25, -0.2) is 4.39 Å². The fourth-order valence-electron chi connectivity index (χ4n) is 4.61. The summed E-state index contributed by atoms with van der Waals surface area (Å²) >= 11 is 0. The van der Waals surface area contributed by atoms with E-state index in [2.05, 4.69) is 32.1 Å². The molecule has 1 aliphatic heterocycles. The lowest BCUT2D eigenvalue weighted by Gasteiger charge is -2.22. The van der Waals surface area contributed by atoms with Gasteiger partial charge in [0.05, 0.1) is 7.11 Å². The maximum atomic E-state index is 14.1. The first-order chi connectivity index (χ1) is 16.1. The van der Waals surface area contributed by atoms with Crippen molar-refractivity contribution in [2.75, 3.05) is 32.1 Å².